The highest BCUT2D eigenvalue weighted by Crippen LogP contribution is 2.45. The number of nitrogens with one attached hydrogen (secondary N) is 1. The Morgan fingerprint density at radius 3 is 2.86 bits per heavy atom. The summed E-state index contributed by atoms with van der Waals surface area (Å²) < 4.78 is 5.93. The molecule has 9 heteroatoms. The number of hydrogen-bond donors (Lipinski definition) is 3. The SMILES string of the molecule is O=C(NO)c1nc(-c2nccs2)c(O)c(C2CCCCO2)c1-c1cccnc1. The molecule has 1 saturated heterocycles. The summed E-state index contributed by atoms with van der Waals surface area (Å²) in [6.07, 6.45) is 6.96. The Kier molecular flexibility index (Phi) is 5.29. The van der Waals surface area contributed by atoms with Crippen molar-refractivity contribution in [2.45, 2.75) is 25.4 Å². The second kappa shape index (κ2) is 8.01. The van der Waals surface area contributed by atoms with Crippen molar-refractivity contribution < 1.29 is 19.8 Å². The highest BCUT2D eigenvalue weighted by Gasteiger charge is 2.31. The number of thiazole rings is 1. The third-order valence-electron chi connectivity index (χ3n) is 4.61. The molecule has 1 aliphatic heterocycles. The highest BCUT2D eigenvalue weighted by atomic mass is 32.1. The Bertz CT molecular complexity index is 973. The van der Waals surface area contributed by atoms with Crippen molar-refractivity contribution >= 4 is 17.2 Å². The van der Waals surface area contributed by atoms with Gasteiger partial charge >= 0.3 is 0 Å². The van der Waals surface area contributed by atoms with Gasteiger partial charge in [-0.2, -0.15) is 0 Å². The van der Waals surface area contributed by atoms with Gasteiger partial charge in [0, 0.05) is 47.3 Å². The zero-order valence-electron chi connectivity index (χ0n) is 14.8. The van der Waals surface area contributed by atoms with Crippen LogP contribution < -0.4 is 5.48 Å². The van der Waals surface area contributed by atoms with Crippen LogP contribution in [0.3, 0.4) is 0 Å². The second-order valence-electron chi connectivity index (χ2n) is 6.32. The van der Waals surface area contributed by atoms with E-state index in [0.29, 0.717) is 34.7 Å². The van der Waals surface area contributed by atoms with Gasteiger partial charge in [-0.1, -0.05) is 6.07 Å². The van der Waals surface area contributed by atoms with E-state index >= 15 is 0 Å². The highest BCUT2D eigenvalue weighted by molar-refractivity contribution is 7.13. The lowest BCUT2D eigenvalue weighted by molar-refractivity contribution is 0.0139. The third-order valence-corrected chi connectivity index (χ3v) is 5.39. The van der Waals surface area contributed by atoms with E-state index in [0.717, 1.165) is 12.8 Å². The van der Waals surface area contributed by atoms with Gasteiger partial charge in [0.05, 0.1) is 6.10 Å². The molecule has 1 fully saturated rings. The van der Waals surface area contributed by atoms with Gasteiger partial charge in [-0.25, -0.2) is 15.4 Å². The summed E-state index contributed by atoms with van der Waals surface area (Å²) in [6.45, 7) is 0.563. The summed E-state index contributed by atoms with van der Waals surface area (Å²) in [5.74, 6) is -0.857. The molecule has 28 heavy (non-hydrogen) atoms. The lowest BCUT2D eigenvalue weighted by Crippen LogP contribution is -2.23. The zero-order chi connectivity index (χ0) is 19.5. The normalized spacial score (nSPS) is 16.7. The lowest BCUT2D eigenvalue weighted by Gasteiger charge is -2.27. The zero-order valence-corrected chi connectivity index (χ0v) is 15.6. The number of carbonyl (C=O) groups excluding carboxylic acids is 1. The van der Waals surface area contributed by atoms with E-state index in [9.17, 15) is 15.1 Å². The molecule has 1 unspecified atom stereocenters. The van der Waals surface area contributed by atoms with Crippen LogP contribution >= 0.6 is 11.3 Å². The quantitative estimate of drug-likeness (QED) is 0.456. The van der Waals surface area contributed by atoms with Crippen LogP contribution in [0.1, 0.15) is 41.4 Å². The van der Waals surface area contributed by atoms with Gasteiger partial charge in [-0.3, -0.25) is 15.0 Å². The topological polar surface area (TPSA) is 117 Å². The van der Waals surface area contributed by atoms with Gasteiger partial charge in [-0.05, 0) is 25.3 Å². The van der Waals surface area contributed by atoms with Crippen LogP contribution in [-0.2, 0) is 4.74 Å². The fraction of sp³-hybridized carbons (Fsp3) is 0.263. The molecule has 0 saturated carbocycles. The van der Waals surface area contributed by atoms with Crippen molar-refractivity contribution in [3.8, 4) is 27.6 Å². The molecule has 0 aliphatic carbocycles. The number of aromatic hydroxyl groups is 1. The van der Waals surface area contributed by atoms with E-state index in [1.54, 1.807) is 41.6 Å². The molecule has 0 radical (unpaired) electrons. The number of hydroxylamine groups is 1. The molecule has 1 atom stereocenters. The summed E-state index contributed by atoms with van der Waals surface area (Å²) >= 11 is 1.29. The van der Waals surface area contributed by atoms with Crippen molar-refractivity contribution in [3.05, 3.63) is 47.4 Å². The fourth-order valence-corrected chi connectivity index (χ4v) is 4.01. The van der Waals surface area contributed by atoms with Gasteiger partial charge < -0.3 is 9.84 Å². The molecule has 1 aliphatic rings. The largest absolute Gasteiger partial charge is 0.505 e. The first kappa shape index (κ1) is 18.5. The van der Waals surface area contributed by atoms with Crippen LogP contribution in [-0.4, -0.2) is 37.8 Å². The van der Waals surface area contributed by atoms with Crippen molar-refractivity contribution in [3.63, 3.8) is 0 Å². The van der Waals surface area contributed by atoms with Gasteiger partial charge in [0.1, 0.15) is 16.4 Å². The molecule has 3 N–H and O–H groups in total. The first-order valence-corrected chi connectivity index (χ1v) is 9.71. The molecule has 4 heterocycles. The molecule has 0 bridgehead atoms. The first-order valence-electron chi connectivity index (χ1n) is 8.84. The Hall–Kier alpha value is -2.88. The number of pyridine rings is 2. The van der Waals surface area contributed by atoms with Crippen LogP contribution in [0.2, 0.25) is 0 Å². The molecular weight excluding hydrogens is 380 g/mol. The van der Waals surface area contributed by atoms with Crippen molar-refractivity contribution in [1.29, 1.82) is 0 Å². The predicted octanol–water partition coefficient (Wildman–Crippen LogP) is 3.33. The summed E-state index contributed by atoms with van der Waals surface area (Å²) in [6, 6.07) is 3.50. The van der Waals surface area contributed by atoms with Crippen LogP contribution in [0.15, 0.2) is 36.1 Å². The average molecular weight is 398 g/mol. The van der Waals surface area contributed by atoms with Gasteiger partial charge in [0.25, 0.3) is 5.91 Å². The summed E-state index contributed by atoms with van der Waals surface area (Å²) in [7, 11) is 0. The van der Waals surface area contributed by atoms with Crippen LogP contribution in [0, 0.1) is 0 Å². The maximum absolute atomic E-state index is 12.5. The summed E-state index contributed by atoms with van der Waals surface area (Å²) in [5, 5.41) is 22.7. The monoisotopic (exact) mass is 398 g/mol. The van der Waals surface area contributed by atoms with E-state index in [1.807, 2.05) is 0 Å². The maximum Gasteiger partial charge on any atom is 0.293 e. The van der Waals surface area contributed by atoms with E-state index in [1.165, 1.54) is 11.3 Å². The number of rotatable bonds is 4. The minimum Gasteiger partial charge on any atom is -0.505 e. The summed E-state index contributed by atoms with van der Waals surface area (Å²) in [4.78, 5) is 25.2. The fourth-order valence-electron chi connectivity index (χ4n) is 3.39. The van der Waals surface area contributed by atoms with E-state index < -0.39 is 12.0 Å². The predicted molar refractivity (Wildman–Crippen MR) is 102 cm³/mol. The second-order valence-corrected chi connectivity index (χ2v) is 7.22. The number of carbonyl (C=O) groups is 1. The summed E-state index contributed by atoms with van der Waals surface area (Å²) in [5.41, 5.74) is 3.27. The van der Waals surface area contributed by atoms with Crippen LogP contribution in [0.4, 0.5) is 0 Å². The minimum atomic E-state index is -0.784. The maximum atomic E-state index is 12.5. The van der Waals surface area contributed by atoms with Crippen LogP contribution in [0.5, 0.6) is 5.75 Å². The smallest absolute Gasteiger partial charge is 0.293 e. The van der Waals surface area contributed by atoms with Gasteiger partial charge in [-0.15, -0.1) is 11.3 Å². The van der Waals surface area contributed by atoms with Crippen molar-refractivity contribution in [2.75, 3.05) is 6.61 Å². The van der Waals surface area contributed by atoms with Crippen molar-refractivity contribution in [1.82, 2.24) is 20.4 Å². The van der Waals surface area contributed by atoms with Gasteiger partial charge in [0.15, 0.2) is 5.75 Å². The standard InChI is InChI=1S/C19H18N4O4S/c24-17-14(12-5-1-2-8-27-12)13(11-4-3-6-20-10-11)15(18(25)23-26)22-16(17)19-21-7-9-28-19/h3-4,6-7,9-10,12,24,26H,1-2,5,8H2,(H,23,25). The molecule has 8 nitrogen and oxygen atoms in total. The molecule has 0 spiro atoms. The molecule has 3 aromatic rings. The Morgan fingerprint density at radius 1 is 1.32 bits per heavy atom. The Balaban J connectivity index is 2.04. The molecule has 144 valence electrons. The molecular formula is C19H18N4O4S. The van der Waals surface area contributed by atoms with Gasteiger partial charge in [0.2, 0.25) is 0 Å². The number of nitrogens with zero attached hydrogens (tertiary/aromatic N) is 3. The first-order chi connectivity index (χ1) is 13.7. The molecule has 1 amide bonds. The Morgan fingerprint density at radius 2 is 2.21 bits per heavy atom. The van der Waals surface area contributed by atoms with E-state index in [4.69, 9.17) is 4.74 Å². The molecule has 4 rings (SSSR count). The molecule has 0 aromatic carbocycles. The van der Waals surface area contributed by atoms with Crippen molar-refractivity contribution in [2.24, 2.45) is 0 Å². The van der Waals surface area contributed by atoms with E-state index in [-0.39, 0.29) is 17.1 Å². The number of amides is 1. The molecule has 3 aromatic heterocycles. The average Bonchev–Trinajstić information content (AvgIpc) is 3.28. The van der Waals surface area contributed by atoms with E-state index in [2.05, 4.69) is 15.0 Å². The minimum absolute atomic E-state index is 0.0253. The number of hydrogen-bond acceptors (Lipinski definition) is 8. The number of ether oxygens (including phenoxy) is 1. The third kappa shape index (κ3) is 3.35. The number of aromatic nitrogens is 3. The Labute approximate surface area is 164 Å². The lowest BCUT2D eigenvalue weighted by atomic mass is 9.90. The van der Waals surface area contributed by atoms with Crippen LogP contribution in [0.25, 0.3) is 21.8 Å².